The van der Waals surface area contributed by atoms with Crippen LogP contribution in [0.3, 0.4) is 0 Å². The lowest BCUT2D eigenvalue weighted by Crippen LogP contribution is -2.49. The molecule has 0 aromatic heterocycles. The van der Waals surface area contributed by atoms with Crippen molar-refractivity contribution in [1.82, 2.24) is 9.80 Å². The fourth-order valence-electron chi connectivity index (χ4n) is 3.55. The SMILES string of the molecule is CC(c1ccccc1Cl)N1CCN(CC(=O)Nc2ccccc2C(F)(F)F)CC1. The van der Waals surface area contributed by atoms with Gasteiger partial charge in [0.2, 0.25) is 5.91 Å². The zero-order chi connectivity index (χ0) is 21.0. The van der Waals surface area contributed by atoms with Crippen LogP contribution in [0.2, 0.25) is 5.02 Å². The number of hydrogen-bond acceptors (Lipinski definition) is 3. The van der Waals surface area contributed by atoms with Gasteiger partial charge in [0.15, 0.2) is 0 Å². The van der Waals surface area contributed by atoms with E-state index in [-0.39, 0.29) is 18.3 Å². The number of nitrogens with one attached hydrogen (secondary N) is 1. The van der Waals surface area contributed by atoms with Crippen molar-refractivity contribution in [2.24, 2.45) is 0 Å². The fraction of sp³-hybridized carbons (Fsp3) is 0.381. The van der Waals surface area contributed by atoms with Crippen LogP contribution < -0.4 is 5.32 Å². The molecule has 1 unspecified atom stereocenters. The molecule has 1 amide bonds. The highest BCUT2D eigenvalue weighted by Crippen LogP contribution is 2.34. The van der Waals surface area contributed by atoms with Gasteiger partial charge in [-0.1, -0.05) is 41.9 Å². The van der Waals surface area contributed by atoms with Crippen molar-refractivity contribution in [2.45, 2.75) is 19.1 Å². The number of para-hydroxylation sites is 1. The summed E-state index contributed by atoms with van der Waals surface area (Å²) in [6, 6.07) is 12.9. The van der Waals surface area contributed by atoms with Gasteiger partial charge in [0.1, 0.15) is 0 Å². The summed E-state index contributed by atoms with van der Waals surface area (Å²) in [4.78, 5) is 16.5. The number of rotatable bonds is 5. The Morgan fingerprint density at radius 1 is 1.07 bits per heavy atom. The van der Waals surface area contributed by atoms with Crippen LogP contribution in [0.1, 0.15) is 24.1 Å². The summed E-state index contributed by atoms with van der Waals surface area (Å²) in [5.41, 5.74) is 0.00632. The maximum absolute atomic E-state index is 13.1. The number of amides is 1. The highest BCUT2D eigenvalue weighted by atomic mass is 35.5. The number of halogens is 4. The third-order valence-electron chi connectivity index (χ3n) is 5.18. The van der Waals surface area contributed by atoms with Gasteiger partial charge in [-0.05, 0) is 30.7 Å². The van der Waals surface area contributed by atoms with Crippen molar-refractivity contribution in [2.75, 3.05) is 38.0 Å². The number of nitrogens with zero attached hydrogens (tertiary/aromatic N) is 2. The van der Waals surface area contributed by atoms with Gasteiger partial charge in [-0.2, -0.15) is 13.2 Å². The van der Waals surface area contributed by atoms with Crippen LogP contribution in [-0.4, -0.2) is 48.4 Å². The Balaban J connectivity index is 1.54. The molecule has 1 heterocycles. The van der Waals surface area contributed by atoms with Crippen molar-refractivity contribution < 1.29 is 18.0 Å². The summed E-state index contributed by atoms with van der Waals surface area (Å²) in [5.74, 6) is -0.450. The zero-order valence-electron chi connectivity index (χ0n) is 16.0. The van der Waals surface area contributed by atoms with E-state index >= 15 is 0 Å². The Morgan fingerprint density at radius 2 is 1.69 bits per heavy atom. The van der Waals surface area contributed by atoms with Crippen molar-refractivity contribution in [3.05, 3.63) is 64.7 Å². The second-order valence-corrected chi connectivity index (χ2v) is 7.51. The molecule has 156 valence electrons. The molecule has 2 aromatic rings. The molecular formula is C21H23ClF3N3O. The molecule has 1 atom stereocenters. The van der Waals surface area contributed by atoms with E-state index in [0.29, 0.717) is 13.1 Å². The lowest BCUT2D eigenvalue weighted by Gasteiger charge is -2.38. The molecule has 1 aliphatic heterocycles. The maximum Gasteiger partial charge on any atom is 0.418 e. The number of alkyl halides is 3. The van der Waals surface area contributed by atoms with Crippen LogP contribution >= 0.6 is 11.6 Å². The zero-order valence-corrected chi connectivity index (χ0v) is 16.8. The molecule has 0 aliphatic carbocycles. The number of carbonyl (C=O) groups excluding carboxylic acids is 1. The first-order valence-corrected chi connectivity index (χ1v) is 9.80. The molecule has 0 bridgehead atoms. The Labute approximate surface area is 173 Å². The van der Waals surface area contributed by atoms with Crippen molar-refractivity contribution in [1.29, 1.82) is 0 Å². The minimum absolute atomic E-state index is 0.0561. The summed E-state index contributed by atoms with van der Waals surface area (Å²) in [7, 11) is 0. The van der Waals surface area contributed by atoms with Crippen molar-refractivity contribution in [3.63, 3.8) is 0 Å². The van der Waals surface area contributed by atoms with Crippen LogP contribution in [-0.2, 0) is 11.0 Å². The fourth-order valence-corrected chi connectivity index (χ4v) is 3.85. The molecule has 0 saturated carbocycles. The number of benzene rings is 2. The Kier molecular flexibility index (Phi) is 6.82. The van der Waals surface area contributed by atoms with Gasteiger partial charge in [-0.25, -0.2) is 0 Å². The van der Waals surface area contributed by atoms with E-state index in [4.69, 9.17) is 11.6 Å². The molecule has 4 nitrogen and oxygen atoms in total. The average molecular weight is 426 g/mol. The first kappa shape index (κ1) is 21.6. The van der Waals surface area contributed by atoms with Gasteiger partial charge in [-0.15, -0.1) is 0 Å². The molecule has 0 radical (unpaired) electrons. The van der Waals surface area contributed by atoms with Crippen LogP contribution in [0.25, 0.3) is 0 Å². The number of carbonyl (C=O) groups is 1. The lowest BCUT2D eigenvalue weighted by atomic mass is 10.1. The second kappa shape index (κ2) is 9.15. The Hall–Kier alpha value is -2.09. The molecule has 2 aromatic carbocycles. The van der Waals surface area contributed by atoms with E-state index in [1.807, 2.05) is 29.2 Å². The van der Waals surface area contributed by atoms with Crippen LogP contribution in [0.15, 0.2) is 48.5 Å². The molecule has 1 aliphatic rings. The largest absolute Gasteiger partial charge is 0.418 e. The highest BCUT2D eigenvalue weighted by Gasteiger charge is 2.33. The van der Waals surface area contributed by atoms with Gasteiger partial charge in [-0.3, -0.25) is 14.6 Å². The molecular weight excluding hydrogens is 403 g/mol. The minimum atomic E-state index is -4.51. The summed E-state index contributed by atoms with van der Waals surface area (Å²) in [5, 5.41) is 3.13. The predicted octanol–water partition coefficient (Wildman–Crippen LogP) is 4.68. The standard InChI is InChI=1S/C21H23ClF3N3O/c1-15(16-6-2-4-8-18(16)22)28-12-10-27(11-13-28)14-20(29)26-19-9-5-3-7-17(19)21(23,24)25/h2-9,15H,10-14H2,1H3,(H,26,29). The van der Waals surface area contributed by atoms with E-state index in [9.17, 15) is 18.0 Å². The van der Waals surface area contributed by atoms with Gasteiger partial charge >= 0.3 is 6.18 Å². The third kappa shape index (κ3) is 5.50. The van der Waals surface area contributed by atoms with E-state index in [1.165, 1.54) is 18.2 Å². The van der Waals surface area contributed by atoms with Crippen molar-refractivity contribution >= 4 is 23.2 Å². The van der Waals surface area contributed by atoms with Gasteiger partial charge in [0.25, 0.3) is 0 Å². The molecule has 1 fully saturated rings. The quantitative estimate of drug-likeness (QED) is 0.755. The minimum Gasteiger partial charge on any atom is -0.324 e. The normalized spacial score (nSPS) is 17.1. The van der Waals surface area contributed by atoms with Gasteiger partial charge < -0.3 is 5.32 Å². The predicted molar refractivity (Wildman–Crippen MR) is 108 cm³/mol. The first-order valence-electron chi connectivity index (χ1n) is 9.42. The monoisotopic (exact) mass is 425 g/mol. The van der Waals surface area contributed by atoms with Crippen LogP contribution in [0.5, 0.6) is 0 Å². The Morgan fingerprint density at radius 3 is 2.34 bits per heavy atom. The first-order chi connectivity index (χ1) is 13.8. The van der Waals surface area contributed by atoms with E-state index in [2.05, 4.69) is 17.1 Å². The van der Waals surface area contributed by atoms with Gasteiger partial charge in [0.05, 0.1) is 17.8 Å². The molecule has 1 saturated heterocycles. The second-order valence-electron chi connectivity index (χ2n) is 7.10. The van der Waals surface area contributed by atoms with Gasteiger partial charge in [0, 0.05) is 37.2 Å². The smallest absolute Gasteiger partial charge is 0.324 e. The highest BCUT2D eigenvalue weighted by molar-refractivity contribution is 6.31. The van der Waals surface area contributed by atoms with E-state index in [0.717, 1.165) is 29.7 Å². The van der Waals surface area contributed by atoms with Crippen molar-refractivity contribution in [3.8, 4) is 0 Å². The molecule has 29 heavy (non-hydrogen) atoms. The summed E-state index contributed by atoms with van der Waals surface area (Å²) >= 11 is 6.29. The van der Waals surface area contributed by atoms with E-state index < -0.39 is 17.6 Å². The lowest BCUT2D eigenvalue weighted by molar-refractivity contribution is -0.137. The molecule has 0 spiro atoms. The Bertz CT molecular complexity index is 851. The third-order valence-corrected chi connectivity index (χ3v) is 5.53. The summed E-state index contributed by atoms with van der Waals surface area (Å²) in [6.45, 7) is 4.96. The summed E-state index contributed by atoms with van der Waals surface area (Å²) in [6.07, 6.45) is -4.51. The number of anilines is 1. The number of piperazine rings is 1. The maximum atomic E-state index is 13.1. The average Bonchev–Trinajstić information content (AvgIpc) is 2.68. The van der Waals surface area contributed by atoms with Crippen LogP contribution in [0.4, 0.5) is 18.9 Å². The molecule has 3 rings (SSSR count). The van der Waals surface area contributed by atoms with E-state index in [1.54, 1.807) is 0 Å². The topological polar surface area (TPSA) is 35.6 Å². The number of hydrogen-bond donors (Lipinski definition) is 1. The summed E-state index contributed by atoms with van der Waals surface area (Å²) < 4.78 is 39.2. The molecule has 1 N–H and O–H groups in total. The van der Waals surface area contributed by atoms with Crippen LogP contribution in [0, 0.1) is 0 Å². The molecule has 8 heteroatoms.